The number of aliphatic hydroxyl groups is 1. The van der Waals surface area contributed by atoms with Crippen molar-refractivity contribution in [3.05, 3.63) is 88.5 Å². The number of rotatable bonds is 9. The summed E-state index contributed by atoms with van der Waals surface area (Å²) >= 11 is 0. The number of anilines is 1. The Morgan fingerprint density at radius 1 is 1.05 bits per heavy atom. The smallest absolute Gasteiger partial charge is 0.164 e. The number of ether oxygens (including phenoxy) is 1. The normalized spacial score (nSPS) is 22.2. The van der Waals surface area contributed by atoms with Crippen LogP contribution in [0.5, 0.6) is 11.5 Å². The minimum absolute atomic E-state index is 0.0295. The molecule has 0 aromatic heterocycles. The minimum Gasteiger partial charge on any atom is -0.507 e. The lowest BCUT2D eigenvalue weighted by molar-refractivity contribution is -0.121. The van der Waals surface area contributed by atoms with Crippen LogP contribution in [-0.2, 0) is 34.5 Å². The summed E-state index contributed by atoms with van der Waals surface area (Å²) in [5, 5.41) is 33.4. The molecule has 0 saturated carbocycles. The van der Waals surface area contributed by atoms with Gasteiger partial charge in [0.25, 0.3) is 0 Å². The van der Waals surface area contributed by atoms with E-state index in [1.54, 1.807) is 12.1 Å². The van der Waals surface area contributed by atoms with E-state index in [4.69, 9.17) is 4.74 Å². The number of hydrogen-bond acceptors (Lipinski definition) is 6. The average molecular weight is 502 g/mol. The topological polar surface area (TPSA) is 90.2 Å². The van der Waals surface area contributed by atoms with E-state index in [1.807, 2.05) is 60.4 Å². The Kier molecular flexibility index (Phi) is 6.97. The third-order valence-electron chi connectivity index (χ3n) is 7.58. The molecule has 194 valence electrons. The number of fused-ring (bicyclic) bond motifs is 3. The number of aryl methyl sites for hydroxylation is 2. The second-order valence-corrected chi connectivity index (χ2v) is 10.5. The number of hydrogen-bond donors (Lipinski definition) is 3. The molecule has 3 aromatic rings. The zero-order valence-corrected chi connectivity index (χ0v) is 21.5. The summed E-state index contributed by atoms with van der Waals surface area (Å²) in [5.74, 6) is 0.126. The van der Waals surface area contributed by atoms with Gasteiger partial charge in [-0.25, -0.2) is 0 Å². The van der Waals surface area contributed by atoms with Gasteiger partial charge in [-0.05, 0) is 49.1 Å². The first kappa shape index (κ1) is 25.3. The first-order valence-corrected chi connectivity index (χ1v) is 13.1. The van der Waals surface area contributed by atoms with Crippen LogP contribution in [0.25, 0.3) is 0 Å². The SMILES string of the molecule is CCCCc1cc(O)c(CN2c3ccccc3[C@]3(O)C[C@@H](CC(=O)Cc4cccc(C)c4)OC23)c(O)c1. The van der Waals surface area contributed by atoms with Crippen molar-refractivity contribution in [3.8, 4) is 11.5 Å². The number of aromatic hydroxyl groups is 2. The molecule has 2 heterocycles. The fraction of sp³-hybridized carbons (Fsp3) is 0.387. The summed E-state index contributed by atoms with van der Waals surface area (Å²) < 4.78 is 6.34. The third-order valence-corrected chi connectivity index (χ3v) is 7.58. The molecule has 1 saturated heterocycles. The molecule has 1 unspecified atom stereocenters. The highest BCUT2D eigenvalue weighted by atomic mass is 16.5. The van der Waals surface area contributed by atoms with Gasteiger partial charge in [0.2, 0.25) is 0 Å². The molecule has 0 bridgehead atoms. The van der Waals surface area contributed by atoms with Gasteiger partial charge in [-0.15, -0.1) is 0 Å². The summed E-state index contributed by atoms with van der Waals surface area (Å²) in [6.45, 7) is 4.27. The summed E-state index contributed by atoms with van der Waals surface area (Å²) in [5.41, 5.74) is 3.63. The lowest BCUT2D eigenvalue weighted by atomic mass is 9.89. The van der Waals surface area contributed by atoms with Gasteiger partial charge in [-0.1, -0.05) is 61.4 Å². The first-order valence-electron chi connectivity index (χ1n) is 13.1. The van der Waals surface area contributed by atoms with Crippen molar-refractivity contribution in [1.82, 2.24) is 0 Å². The van der Waals surface area contributed by atoms with Crippen molar-refractivity contribution < 1.29 is 24.9 Å². The van der Waals surface area contributed by atoms with Gasteiger partial charge in [0.15, 0.2) is 6.23 Å². The number of unbranched alkanes of at least 4 members (excludes halogenated alkanes) is 1. The quantitative estimate of drug-likeness (QED) is 0.370. The van der Waals surface area contributed by atoms with Crippen LogP contribution in [0, 0.1) is 6.92 Å². The summed E-state index contributed by atoms with van der Waals surface area (Å²) in [4.78, 5) is 14.8. The van der Waals surface area contributed by atoms with Gasteiger partial charge in [-0.3, -0.25) is 4.79 Å². The summed E-state index contributed by atoms with van der Waals surface area (Å²) in [6, 6.07) is 18.9. The molecule has 0 aliphatic carbocycles. The average Bonchev–Trinajstić information content (AvgIpc) is 3.29. The fourth-order valence-corrected chi connectivity index (χ4v) is 5.80. The summed E-state index contributed by atoms with van der Waals surface area (Å²) in [6.07, 6.45) is 2.49. The zero-order chi connectivity index (χ0) is 26.2. The van der Waals surface area contributed by atoms with Crippen molar-refractivity contribution in [1.29, 1.82) is 0 Å². The molecule has 6 nitrogen and oxygen atoms in total. The van der Waals surface area contributed by atoms with Crippen LogP contribution in [0.4, 0.5) is 5.69 Å². The third kappa shape index (κ3) is 4.96. The van der Waals surface area contributed by atoms with Crippen LogP contribution in [0.2, 0.25) is 0 Å². The number of carbonyl (C=O) groups is 1. The van der Waals surface area contributed by atoms with Crippen LogP contribution < -0.4 is 4.90 Å². The lowest BCUT2D eigenvalue weighted by Crippen LogP contribution is -2.41. The van der Waals surface area contributed by atoms with Gasteiger partial charge >= 0.3 is 0 Å². The molecule has 2 aliphatic rings. The molecule has 5 rings (SSSR count). The minimum atomic E-state index is -1.28. The van der Waals surface area contributed by atoms with E-state index in [0.29, 0.717) is 18.4 Å². The predicted octanol–water partition coefficient (Wildman–Crippen LogP) is 5.27. The van der Waals surface area contributed by atoms with E-state index in [2.05, 4.69) is 6.92 Å². The van der Waals surface area contributed by atoms with E-state index in [9.17, 15) is 20.1 Å². The molecule has 3 atom stereocenters. The maximum Gasteiger partial charge on any atom is 0.164 e. The van der Waals surface area contributed by atoms with Gasteiger partial charge < -0.3 is 25.0 Å². The monoisotopic (exact) mass is 501 g/mol. The lowest BCUT2D eigenvalue weighted by Gasteiger charge is -2.29. The maximum atomic E-state index is 12.9. The number of para-hydroxylation sites is 1. The van der Waals surface area contributed by atoms with Gasteiger partial charge in [0, 0.05) is 30.5 Å². The molecule has 37 heavy (non-hydrogen) atoms. The van der Waals surface area contributed by atoms with Crippen molar-refractivity contribution in [2.24, 2.45) is 0 Å². The number of benzene rings is 3. The van der Waals surface area contributed by atoms with Crippen LogP contribution in [0.3, 0.4) is 0 Å². The molecule has 0 spiro atoms. The Balaban J connectivity index is 1.36. The molecule has 6 heteroatoms. The van der Waals surface area contributed by atoms with Gasteiger partial charge in [-0.2, -0.15) is 0 Å². The van der Waals surface area contributed by atoms with Crippen LogP contribution in [0.15, 0.2) is 60.7 Å². The number of ketones is 1. The Labute approximate surface area is 218 Å². The van der Waals surface area contributed by atoms with Crippen molar-refractivity contribution in [3.63, 3.8) is 0 Å². The van der Waals surface area contributed by atoms with Crippen molar-refractivity contribution >= 4 is 11.5 Å². The molecular weight excluding hydrogens is 466 g/mol. The maximum absolute atomic E-state index is 12.9. The summed E-state index contributed by atoms with van der Waals surface area (Å²) in [7, 11) is 0. The van der Waals surface area contributed by atoms with Crippen LogP contribution >= 0.6 is 0 Å². The number of Topliss-reactive ketones (excluding diaryl/α,β-unsaturated/α-hetero) is 1. The number of nitrogens with zero attached hydrogens (tertiary/aromatic N) is 1. The Hall–Kier alpha value is -3.35. The number of phenolic OH excluding ortho intramolecular Hbond substituents is 2. The Bertz CT molecular complexity index is 1280. The molecule has 0 amide bonds. The Morgan fingerprint density at radius 2 is 1.81 bits per heavy atom. The largest absolute Gasteiger partial charge is 0.507 e. The zero-order valence-electron chi connectivity index (χ0n) is 21.5. The highest BCUT2D eigenvalue weighted by Crippen LogP contribution is 2.53. The van der Waals surface area contributed by atoms with E-state index < -0.39 is 17.9 Å². The standard InChI is InChI=1S/C31H35NO5/c1-3-4-9-22-15-28(34)25(29(35)16-22)19-32-27-12-6-5-11-26(27)31(36)18-24(37-30(31)32)17-23(33)14-21-10-7-8-20(2)13-21/h5-8,10-13,15-16,24,30,34-36H,3-4,9,14,17-19H2,1-2H3/t24-,30?,31-/m1/s1. The Morgan fingerprint density at radius 3 is 2.54 bits per heavy atom. The molecule has 3 N–H and O–H groups in total. The second-order valence-electron chi connectivity index (χ2n) is 10.5. The molecular formula is C31H35NO5. The molecule has 3 aromatic carbocycles. The van der Waals surface area contributed by atoms with Gasteiger partial charge in [0.1, 0.15) is 22.9 Å². The predicted molar refractivity (Wildman–Crippen MR) is 143 cm³/mol. The van der Waals surface area contributed by atoms with E-state index in [1.165, 1.54) is 0 Å². The highest BCUT2D eigenvalue weighted by molar-refractivity contribution is 5.81. The van der Waals surface area contributed by atoms with E-state index in [-0.39, 0.29) is 30.2 Å². The second kappa shape index (κ2) is 10.2. The van der Waals surface area contributed by atoms with Crippen LogP contribution in [-0.4, -0.2) is 33.4 Å². The number of carbonyl (C=O) groups excluding carboxylic acids is 1. The molecule has 1 fully saturated rings. The highest BCUT2D eigenvalue weighted by Gasteiger charge is 2.57. The van der Waals surface area contributed by atoms with Crippen LogP contribution in [0.1, 0.15) is 60.4 Å². The van der Waals surface area contributed by atoms with Gasteiger partial charge in [0.05, 0.1) is 18.2 Å². The molecule has 2 aliphatic heterocycles. The molecule has 0 radical (unpaired) electrons. The van der Waals surface area contributed by atoms with E-state index >= 15 is 0 Å². The first-order chi connectivity index (χ1) is 17.8. The number of phenols is 2. The fourth-order valence-electron chi connectivity index (χ4n) is 5.80. The van der Waals surface area contributed by atoms with E-state index in [0.717, 1.165) is 47.2 Å². The van der Waals surface area contributed by atoms with Crippen molar-refractivity contribution in [2.45, 2.75) is 76.9 Å². The van der Waals surface area contributed by atoms with Crippen molar-refractivity contribution in [2.75, 3.05) is 4.90 Å².